The molecule has 0 spiro atoms. The molecule has 0 saturated heterocycles. The molecule has 1 amide bonds. The number of carbonyl (C=O) groups is 1. The number of rotatable bonds is 62. The van der Waals surface area contributed by atoms with Gasteiger partial charge in [-0.05, 0) is 57.8 Å². The third kappa shape index (κ3) is 59.5. The summed E-state index contributed by atoms with van der Waals surface area (Å²) in [6.07, 6.45) is 87.9. The van der Waals surface area contributed by atoms with Gasteiger partial charge in [-0.2, -0.15) is 0 Å². The first-order chi connectivity index (χ1) is 35.7. The molecule has 0 heterocycles. The van der Waals surface area contributed by atoms with Crippen molar-refractivity contribution in [3.05, 3.63) is 36.5 Å². The predicted molar refractivity (Wildman–Crippen MR) is 322 cm³/mol. The molecule has 4 nitrogen and oxygen atoms in total. The first-order valence-electron chi connectivity index (χ1n) is 33.2. The van der Waals surface area contributed by atoms with Crippen LogP contribution in [0.5, 0.6) is 0 Å². The average molecular weight is 1010 g/mol. The number of aliphatic hydroxyl groups excluding tert-OH is 2. The largest absolute Gasteiger partial charge is 0.394 e. The maximum atomic E-state index is 12.5. The highest BCUT2D eigenvalue weighted by molar-refractivity contribution is 5.76. The molecule has 0 aliphatic heterocycles. The van der Waals surface area contributed by atoms with Crippen LogP contribution in [0.2, 0.25) is 0 Å². The Balaban J connectivity index is 3.46. The summed E-state index contributed by atoms with van der Waals surface area (Å²) in [6.45, 7) is 4.34. The Morgan fingerprint density at radius 1 is 0.319 bits per heavy atom. The second-order valence-electron chi connectivity index (χ2n) is 22.9. The Morgan fingerprint density at radius 2 is 0.542 bits per heavy atom. The lowest BCUT2D eigenvalue weighted by molar-refractivity contribution is -0.123. The molecule has 2 unspecified atom stereocenters. The Labute approximate surface area is 452 Å². The van der Waals surface area contributed by atoms with E-state index in [0.717, 1.165) is 32.1 Å². The van der Waals surface area contributed by atoms with E-state index in [2.05, 4.69) is 43.5 Å². The lowest BCUT2D eigenvalue weighted by Crippen LogP contribution is -2.45. The molecule has 3 N–H and O–H groups in total. The summed E-state index contributed by atoms with van der Waals surface area (Å²) in [5, 5.41) is 23.2. The number of aliphatic hydroxyl groups is 2. The van der Waals surface area contributed by atoms with Crippen molar-refractivity contribution in [1.29, 1.82) is 0 Å². The van der Waals surface area contributed by atoms with Gasteiger partial charge in [0.25, 0.3) is 0 Å². The van der Waals surface area contributed by atoms with E-state index < -0.39 is 12.1 Å². The monoisotopic (exact) mass is 1010 g/mol. The Hall–Kier alpha value is -1.39. The van der Waals surface area contributed by atoms with E-state index >= 15 is 0 Å². The van der Waals surface area contributed by atoms with Crippen molar-refractivity contribution < 1.29 is 15.0 Å². The molecule has 72 heavy (non-hydrogen) atoms. The van der Waals surface area contributed by atoms with Gasteiger partial charge in [0.2, 0.25) is 5.91 Å². The highest BCUT2D eigenvalue weighted by atomic mass is 16.3. The van der Waals surface area contributed by atoms with Crippen LogP contribution in [0.3, 0.4) is 0 Å². The number of hydrogen-bond donors (Lipinski definition) is 3. The minimum atomic E-state index is -0.862. The van der Waals surface area contributed by atoms with Crippen LogP contribution in [-0.4, -0.2) is 34.9 Å². The lowest BCUT2D eigenvalue weighted by Gasteiger charge is -2.19. The number of carbonyl (C=O) groups excluding carboxylic acids is 1. The van der Waals surface area contributed by atoms with E-state index in [1.807, 2.05) is 6.08 Å². The number of nitrogens with one attached hydrogen (secondary N) is 1. The molecular formula is C68H131NO3. The van der Waals surface area contributed by atoms with Crippen LogP contribution in [0.1, 0.15) is 373 Å². The van der Waals surface area contributed by atoms with Gasteiger partial charge in [-0.15, -0.1) is 0 Å². The number of unbranched alkanes of at least 4 members (excludes halogenated alkanes) is 51. The molecule has 0 fully saturated rings. The van der Waals surface area contributed by atoms with E-state index in [1.54, 1.807) is 6.08 Å². The zero-order valence-corrected chi connectivity index (χ0v) is 49.2. The van der Waals surface area contributed by atoms with Crippen LogP contribution in [0, 0.1) is 0 Å². The lowest BCUT2D eigenvalue weighted by atomic mass is 10.0. The first kappa shape index (κ1) is 70.6. The van der Waals surface area contributed by atoms with Crippen molar-refractivity contribution in [3.63, 3.8) is 0 Å². The van der Waals surface area contributed by atoms with Crippen molar-refractivity contribution in [1.82, 2.24) is 5.32 Å². The topological polar surface area (TPSA) is 69.6 Å². The van der Waals surface area contributed by atoms with E-state index in [-0.39, 0.29) is 12.5 Å². The Bertz CT molecular complexity index is 1100. The van der Waals surface area contributed by atoms with Crippen LogP contribution >= 0.6 is 0 Å². The third-order valence-electron chi connectivity index (χ3n) is 15.6. The second-order valence-corrected chi connectivity index (χ2v) is 22.9. The van der Waals surface area contributed by atoms with E-state index in [1.165, 1.54) is 321 Å². The zero-order valence-electron chi connectivity index (χ0n) is 49.2. The van der Waals surface area contributed by atoms with Crippen molar-refractivity contribution in [3.8, 4) is 0 Å². The molecule has 0 radical (unpaired) electrons. The van der Waals surface area contributed by atoms with E-state index in [9.17, 15) is 15.0 Å². The molecule has 4 heteroatoms. The minimum Gasteiger partial charge on any atom is -0.394 e. The maximum Gasteiger partial charge on any atom is 0.220 e. The normalized spacial score (nSPS) is 12.9. The van der Waals surface area contributed by atoms with E-state index in [0.29, 0.717) is 6.42 Å². The molecule has 0 aliphatic rings. The highest BCUT2D eigenvalue weighted by Gasteiger charge is 2.18. The molecule has 0 aliphatic carbocycles. The minimum absolute atomic E-state index is 0.0662. The van der Waals surface area contributed by atoms with Crippen molar-refractivity contribution >= 4 is 5.91 Å². The summed E-state index contributed by atoms with van der Waals surface area (Å²) in [6, 6.07) is -0.639. The van der Waals surface area contributed by atoms with Crippen LogP contribution < -0.4 is 5.32 Å². The summed E-state index contributed by atoms with van der Waals surface area (Å²) in [5.41, 5.74) is 0. The van der Waals surface area contributed by atoms with Crippen LogP contribution in [-0.2, 0) is 4.79 Å². The molecule has 0 saturated carbocycles. The molecule has 0 aromatic carbocycles. The van der Waals surface area contributed by atoms with Crippen LogP contribution in [0.25, 0.3) is 0 Å². The van der Waals surface area contributed by atoms with Gasteiger partial charge < -0.3 is 15.5 Å². The van der Waals surface area contributed by atoms with E-state index in [4.69, 9.17) is 0 Å². The predicted octanol–water partition coefficient (Wildman–Crippen LogP) is 22.4. The van der Waals surface area contributed by atoms with Gasteiger partial charge in [0, 0.05) is 6.42 Å². The molecule has 0 aromatic rings. The number of amides is 1. The fraction of sp³-hybridized carbons (Fsp3) is 0.897. The van der Waals surface area contributed by atoms with Gasteiger partial charge in [-0.25, -0.2) is 0 Å². The molecular weight excluding hydrogens is 879 g/mol. The van der Waals surface area contributed by atoms with Gasteiger partial charge >= 0.3 is 0 Å². The summed E-state index contributed by atoms with van der Waals surface area (Å²) in [5.74, 6) is -0.0662. The van der Waals surface area contributed by atoms with Gasteiger partial charge in [0.15, 0.2) is 0 Å². The summed E-state index contributed by atoms with van der Waals surface area (Å²) >= 11 is 0. The van der Waals surface area contributed by atoms with Crippen LogP contribution in [0.4, 0.5) is 0 Å². The van der Waals surface area contributed by atoms with Gasteiger partial charge in [0.1, 0.15) is 0 Å². The molecule has 0 rings (SSSR count). The van der Waals surface area contributed by atoms with Gasteiger partial charge in [-0.3, -0.25) is 4.79 Å². The molecule has 2 atom stereocenters. The zero-order chi connectivity index (χ0) is 52.0. The third-order valence-corrected chi connectivity index (χ3v) is 15.6. The maximum absolute atomic E-state index is 12.5. The standard InChI is InChI=1S/C68H131NO3/c1-3-5-7-9-11-13-15-17-19-21-23-25-27-29-31-33-34-36-38-40-42-44-46-48-50-52-54-56-58-60-62-64-68(72)69-66(65-70)67(71)63-61-59-57-55-53-51-49-47-45-43-41-39-37-35-32-30-28-26-24-22-20-18-16-14-12-10-8-6-4-2/h21,23,53,55,61,63,66-67,70-71H,3-20,22,24-52,54,56-60,62,64-65H2,1-2H3,(H,69,72)/b23-21-,55-53+,63-61+. The van der Waals surface area contributed by atoms with Crippen LogP contribution in [0.15, 0.2) is 36.5 Å². The van der Waals surface area contributed by atoms with Gasteiger partial charge in [0.05, 0.1) is 18.8 Å². The molecule has 426 valence electrons. The molecule has 0 aromatic heterocycles. The fourth-order valence-electron chi connectivity index (χ4n) is 10.5. The fourth-order valence-corrected chi connectivity index (χ4v) is 10.5. The summed E-state index contributed by atoms with van der Waals surface area (Å²) in [4.78, 5) is 12.5. The first-order valence-corrected chi connectivity index (χ1v) is 33.2. The van der Waals surface area contributed by atoms with Gasteiger partial charge in [-0.1, -0.05) is 346 Å². The number of hydrogen-bond acceptors (Lipinski definition) is 3. The van der Waals surface area contributed by atoms with Crippen molar-refractivity contribution in [2.75, 3.05) is 6.61 Å². The smallest absolute Gasteiger partial charge is 0.220 e. The summed E-state index contributed by atoms with van der Waals surface area (Å²) in [7, 11) is 0. The quantitative estimate of drug-likeness (QED) is 0.0420. The van der Waals surface area contributed by atoms with Crippen molar-refractivity contribution in [2.24, 2.45) is 0 Å². The molecule has 0 bridgehead atoms. The SMILES string of the molecule is CCCCCCCCCC/C=C\CCCCCCCCCCCCCCCCCCCCCC(=O)NC(CO)C(O)/C=C/CC/C=C/CCCCCCCCCCCCCCCCCCCCCCCCC. The average Bonchev–Trinajstić information content (AvgIpc) is 3.39. The Kier molecular flexibility index (Phi) is 62.7. The second kappa shape index (κ2) is 63.9. The Morgan fingerprint density at radius 3 is 0.806 bits per heavy atom. The highest BCUT2D eigenvalue weighted by Crippen LogP contribution is 2.18. The van der Waals surface area contributed by atoms with Crippen molar-refractivity contribution in [2.45, 2.75) is 386 Å². The number of allylic oxidation sites excluding steroid dienone is 5. The summed E-state index contributed by atoms with van der Waals surface area (Å²) < 4.78 is 0.